The van der Waals surface area contributed by atoms with Gasteiger partial charge in [-0.1, -0.05) is 13.0 Å². The molecule has 34 heavy (non-hydrogen) atoms. The summed E-state index contributed by atoms with van der Waals surface area (Å²) in [5.41, 5.74) is 6.17. The highest BCUT2D eigenvalue weighted by Crippen LogP contribution is 2.38. The summed E-state index contributed by atoms with van der Waals surface area (Å²) in [6.45, 7) is 3.34. The number of nitrogens with zero attached hydrogens (tertiary/aromatic N) is 4. The van der Waals surface area contributed by atoms with Crippen molar-refractivity contribution in [2.24, 2.45) is 13.0 Å². The molecule has 3 aliphatic rings. The Bertz CT molecular complexity index is 1180. The van der Waals surface area contributed by atoms with Crippen LogP contribution in [-0.4, -0.2) is 55.3 Å². The van der Waals surface area contributed by atoms with Crippen molar-refractivity contribution in [3.63, 3.8) is 0 Å². The molecule has 1 aromatic heterocycles. The van der Waals surface area contributed by atoms with Crippen molar-refractivity contribution in [1.29, 1.82) is 0 Å². The van der Waals surface area contributed by atoms with Gasteiger partial charge in [-0.05, 0) is 80.2 Å². The van der Waals surface area contributed by atoms with Gasteiger partial charge in [0.15, 0.2) is 0 Å². The number of aromatic nitrogens is 2. The summed E-state index contributed by atoms with van der Waals surface area (Å²) >= 11 is 0. The van der Waals surface area contributed by atoms with Crippen molar-refractivity contribution in [3.05, 3.63) is 40.7 Å². The van der Waals surface area contributed by atoms with Gasteiger partial charge in [0.1, 0.15) is 0 Å². The summed E-state index contributed by atoms with van der Waals surface area (Å²) in [6.07, 6.45) is 10.1. The number of carbonyl (C=O) groups excluding carboxylic acids is 1. The van der Waals surface area contributed by atoms with Gasteiger partial charge in [0.25, 0.3) is 0 Å². The quantitative estimate of drug-likeness (QED) is 0.654. The third kappa shape index (κ3) is 4.40. The fourth-order valence-corrected chi connectivity index (χ4v) is 7.06. The first kappa shape index (κ1) is 23.2. The van der Waals surface area contributed by atoms with Gasteiger partial charge >= 0.3 is 16.2 Å². The molecule has 1 aromatic carbocycles. The van der Waals surface area contributed by atoms with Crippen LogP contribution < -0.4 is 14.3 Å². The summed E-state index contributed by atoms with van der Waals surface area (Å²) < 4.78 is 32.1. The first-order valence-corrected chi connectivity index (χ1v) is 13.6. The van der Waals surface area contributed by atoms with E-state index >= 15 is 0 Å². The molecule has 2 atom stereocenters. The number of urea groups is 1. The van der Waals surface area contributed by atoms with Crippen molar-refractivity contribution in [1.82, 2.24) is 19.4 Å². The van der Waals surface area contributed by atoms with Crippen LogP contribution in [-0.2, 0) is 42.9 Å². The van der Waals surface area contributed by atoms with Gasteiger partial charge in [-0.3, -0.25) is 4.68 Å². The molecular weight excluding hydrogens is 452 g/mol. The molecule has 2 aliphatic carbocycles. The monoisotopic (exact) mass is 486 g/mol. The zero-order valence-electron chi connectivity index (χ0n) is 20.2. The van der Waals surface area contributed by atoms with Crippen molar-refractivity contribution in [2.75, 3.05) is 29.8 Å². The van der Waals surface area contributed by atoms with E-state index in [0.717, 1.165) is 57.2 Å². The number of carbonyl (C=O) groups is 1. The van der Waals surface area contributed by atoms with Crippen LogP contribution >= 0.6 is 0 Å². The molecular formula is C24H34N6O3S. The Morgan fingerprint density at radius 2 is 1.82 bits per heavy atom. The maximum absolute atomic E-state index is 13.5. The average Bonchev–Trinajstić information content (AvgIpc) is 3.53. The van der Waals surface area contributed by atoms with Crippen molar-refractivity contribution in [3.8, 4) is 0 Å². The predicted octanol–water partition coefficient (Wildman–Crippen LogP) is 2.61. The number of hydrogen-bond donors (Lipinski definition) is 2. The maximum atomic E-state index is 13.5. The molecule has 1 fully saturated rings. The van der Waals surface area contributed by atoms with E-state index in [2.05, 4.69) is 33.0 Å². The Morgan fingerprint density at radius 1 is 1.15 bits per heavy atom. The minimum atomic E-state index is -4.15. The molecule has 2 heterocycles. The average molecular weight is 487 g/mol. The Labute approximate surface area is 201 Å². The second-order valence-electron chi connectivity index (χ2n) is 10.1. The van der Waals surface area contributed by atoms with Gasteiger partial charge in [-0.15, -0.1) is 0 Å². The van der Waals surface area contributed by atoms with E-state index in [1.165, 1.54) is 32.8 Å². The lowest BCUT2D eigenvalue weighted by Crippen LogP contribution is -2.49. The SMILES string of the molecule is C[C@H]1C[C@H](CN(c2cnn(C)c2)S(=O)(=O)NC(=O)Nc2c3c(cc4c2CCC4)CCC3)N(C)C1. The summed E-state index contributed by atoms with van der Waals surface area (Å²) in [7, 11) is -0.389. The Hall–Kier alpha value is -2.59. The normalized spacial score (nSPS) is 22.0. The molecule has 184 valence electrons. The van der Waals surface area contributed by atoms with E-state index in [1.54, 1.807) is 17.9 Å². The summed E-state index contributed by atoms with van der Waals surface area (Å²) in [6, 6.07) is 1.64. The topological polar surface area (TPSA) is 99.6 Å². The highest BCUT2D eigenvalue weighted by Gasteiger charge is 2.34. The maximum Gasteiger partial charge on any atom is 0.334 e. The number of rotatable bonds is 6. The number of likely N-dealkylation sites (tertiary alicyclic amines) is 1. The zero-order chi connectivity index (χ0) is 24.0. The van der Waals surface area contributed by atoms with Gasteiger partial charge in [0.05, 0.1) is 18.4 Å². The van der Waals surface area contributed by atoms with Crippen LogP contribution in [0.4, 0.5) is 16.2 Å². The van der Waals surface area contributed by atoms with Crippen LogP contribution in [0.3, 0.4) is 0 Å². The van der Waals surface area contributed by atoms with Crippen molar-refractivity contribution < 1.29 is 13.2 Å². The number of fused-ring (bicyclic) bond motifs is 2. The molecule has 0 saturated carbocycles. The number of likely N-dealkylation sites (N-methyl/N-ethyl adjacent to an activating group) is 1. The Kier molecular flexibility index (Phi) is 6.05. The molecule has 1 aliphatic heterocycles. The lowest BCUT2D eigenvalue weighted by Gasteiger charge is -2.29. The molecule has 10 heteroatoms. The minimum absolute atomic E-state index is 0.0653. The second kappa shape index (κ2) is 8.88. The van der Waals surface area contributed by atoms with E-state index < -0.39 is 16.2 Å². The van der Waals surface area contributed by atoms with E-state index in [0.29, 0.717) is 11.6 Å². The lowest BCUT2D eigenvalue weighted by atomic mass is 9.99. The van der Waals surface area contributed by atoms with Gasteiger partial charge in [-0.2, -0.15) is 13.5 Å². The molecule has 0 radical (unpaired) electrons. The molecule has 5 rings (SSSR count). The number of benzene rings is 1. The minimum Gasteiger partial charge on any atom is -0.307 e. The first-order valence-electron chi connectivity index (χ1n) is 12.2. The molecule has 0 unspecified atom stereocenters. The summed E-state index contributed by atoms with van der Waals surface area (Å²) in [5.74, 6) is 0.493. The Morgan fingerprint density at radius 3 is 2.38 bits per heavy atom. The van der Waals surface area contributed by atoms with Crippen LogP contribution in [0.2, 0.25) is 0 Å². The second-order valence-corrected chi connectivity index (χ2v) is 11.7. The van der Waals surface area contributed by atoms with Gasteiger partial charge in [0.2, 0.25) is 0 Å². The lowest BCUT2D eigenvalue weighted by molar-refractivity contribution is 0.256. The van der Waals surface area contributed by atoms with E-state index in [9.17, 15) is 13.2 Å². The molecule has 2 aromatic rings. The fraction of sp³-hybridized carbons (Fsp3) is 0.583. The predicted molar refractivity (Wildman–Crippen MR) is 132 cm³/mol. The van der Waals surface area contributed by atoms with Crippen LogP contribution in [0.15, 0.2) is 18.5 Å². The van der Waals surface area contributed by atoms with Crippen LogP contribution in [0, 0.1) is 5.92 Å². The van der Waals surface area contributed by atoms with E-state index in [-0.39, 0.29) is 12.6 Å². The molecule has 0 bridgehead atoms. The molecule has 2 N–H and O–H groups in total. The van der Waals surface area contributed by atoms with Crippen LogP contribution in [0.1, 0.15) is 48.4 Å². The Balaban J connectivity index is 1.38. The summed E-state index contributed by atoms with van der Waals surface area (Å²) in [5, 5.41) is 7.09. The molecule has 9 nitrogen and oxygen atoms in total. The van der Waals surface area contributed by atoms with Gasteiger partial charge in [-0.25, -0.2) is 13.8 Å². The number of amides is 2. The zero-order valence-corrected chi connectivity index (χ0v) is 21.0. The van der Waals surface area contributed by atoms with Crippen molar-refractivity contribution >= 4 is 27.6 Å². The fourth-order valence-electron chi connectivity index (χ4n) is 5.92. The van der Waals surface area contributed by atoms with Crippen LogP contribution in [0.25, 0.3) is 0 Å². The highest BCUT2D eigenvalue weighted by atomic mass is 32.2. The smallest absolute Gasteiger partial charge is 0.307 e. The standard InChI is InChI=1S/C24H34N6O3S/c1-16-10-19(28(2)13-16)15-30(20-12-25-29(3)14-20)34(32,33)27-24(31)26-23-21-8-4-6-17(21)11-18-7-5-9-22(18)23/h11-12,14,16,19H,4-10,13,15H2,1-3H3,(H2,26,27,31)/t16-,19+/m0/s1. The highest BCUT2D eigenvalue weighted by molar-refractivity contribution is 7.91. The number of anilines is 2. The van der Waals surface area contributed by atoms with E-state index in [1.807, 2.05) is 7.05 Å². The number of aryl methyl sites for hydroxylation is 3. The third-order valence-corrected chi connectivity index (χ3v) is 8.86. The van der Waals surface area contributed by atoms with Crippen LogP contribution in [0.5, 0.6) is 0 Å². The van der Waals surface area contributed by atoms with Crippen molar-refractivity contribution in [2.45, 2.75) is 57.9 Å². The van der Waals surface area contributed by atoms with Gasteiger partial charge in [0, 0.05) is 31.5 Å². The van der Waals surface area contributed by atoms with Gasteiger partial charge < -0.3 is 10.2 Å². The molecule has 1 saturated heterocycles. The molecule has 0 spiro atoms. The molecule has 2 amide bonds. The van der Waals surface area contributed by atoms with E-state index in [4.69, 9.17) is 0 Å². The number of nitrogens with one attached hydrogen (secondary N) is 2. The summed E-state index contributed by atoms with van der Waals surface area (Å²) in [4.78, 5) is 15.2. The largest absolute Gasteiger partial charge is 0.334 e. The first-order chi connectivity index (χ1) is 16.2. The number of hydrogen-bond acceptors (Lipinski definition) is 5. The third-order valence-electron chi connectivity index (χ3n) is 7.48.